The van der Waals surface area contributed by atoms with Gasteiger partial charge in [0.25, 0.3) is 0 Å². The van der Waals surface area contributed by atoms with Crippen LogP contribution < -0.4 is 19.5 Å². The highest BCUT2D eigenvalue weighted by Crippen LogP contribution is 2.25. The molecule has 1 amide bonds. The van der Waals surface area contributed by atoms with Crippen LogP contribution in [0.15, 0.2) is 36.5 Å². The lowest BCUT2D eigenvalue weighted by molar-refractivity contribution is -0.154. The summed E-state index contributed by atoms with van der Waals surface area (Å²) in [5, 5.41) is 2.60. The first-order valence-electron chi connectivity index (χ1n) is 7.47. The number of carbonyl (C=O) groups is 1. The van der Waals surface area contributed by atoms with E-state index in [1.807, 2.05) is 0 Å². The van der Waals surface area contributed by atoms with Gasteiger partial charge in [-0.1, -0.05) is 0 Å². The fourth-order valence-electron chi connectivity index (χ4n) is 2.09. The molecule has 140 valence electrons. The second-order valence-electron chi connectivity index (χ2n) is 5.19. The van der Waals surface area contributed by atoms with Gasteiger partial charge in [-0.15, -0.1) is 0 Å². The number of benzene rings is 1. The average Bonchev–Trinajstić information content (AvgIpc) is 2.60. The van der Waals surface area contributed by atoms with Crippen LogP contribution in [0.1, 0.15) is 5.56 Å². The van der Waals surface area contributed by atoms with Gasteiger partial charge in [0.2, 0.25) is 11.8 Å². The first-order chi connectivity index (χ1) is 12.3. The summed E-state index contributed by atoms with van der Waals surface area (Å²) in [7, 11) is 3.01. The van der Waals surface area contributed by atoms with Crippen molar-refractivity contribution in [1.82, 2.24) is 4.98 Å². The van der Waals surface area contributed by atoms with E-state index in [-0.39, 0.29) is 18.2 Å². The number of nitrogens with zero attached hydrogens (tertiary/aromatic N) is 1. The van der Waals surface area contributed by atoms with Crippen LogP contribution in [0, 0.1) is 0 Å². The Labute approximate surface area is 147 Å². The molecule has 0 saturated carbocycles. The monoisotopic (exact) mass is 370 g/mol. The van der Waals surface area contributed by atoms with Gasteiger partial charge in [-0.2, -0.15) is 13.2 Å². The van der Waals surface area contributed by atoms with E-state index in [0.29, 0.717) is 22.7 Å². The number of hydrogen-bond acceptors (Lipinski definition) is 5. The van der Waals surface area contributed by atoms with Crippen molar-refractivity contribution in [3.8, 4) is 17.4 Å². The quantitative estimate of drug-likeness (QED) is 0.810. The molecule has 1 heterocycles. The van der Waals surface area contributed by atoms with Gasteiger partial charge < -0.3 is 19.5 Å². The second kappa shape index (κ2) is 8.41. The molecule has 1 aromatic carbocycles. The van der Waals surface area contributed by atoms with Crippen molar-refractivity contribution < 1.29 is 32.2 Å². The standard InChI is InChI=1S/C17H17F3N2O4/c1-24-13-4-5-14(25-2)11(7-13)8-15(23)22-12-3-6-16(21-9-12)26-10-17(18,19)20/h3-7,9H,8,10H2,1-2H3,(H,22,23). The molecule has 1 N–H and O–H groups in total. The molecule has 2 aromatic rings. The van der Waals surface area contributed by atoms with Crippen LogP contribution in [-0.4, -0.2) is 37.9 Å². The summed E-state index contributed by atoms with van der Waals surface area (Å²) in [5.74, 6) is 0.591. The molecule has 0 fully saturated rings. The molecule has 0 aliphatic rings. The molecule has 6 nitrogen and oxygen atoms in total. The number of carbonyl (C=O) groups excluding carboxylic acids is 1. The Balaban J connectivity index is 1.97. The molecule has 0 aliphatic carbocycles. The van der Waals surface area contributed by atoms with E-state index >= 15 is 0 Å². The van der Waals surface area contributed by atoms with Crippen LogP contribution in [0.5, 0.6) is 17.4 Å². The molecule has 0 saturated heterocycles. The van der Waals surface area contributed by atoms with Crippen molar-refractivity contribution in [2.75, 3.05) is 26.1 Å². The van der Waals surface area contributed by atoms with E-state index in [0.717, 1.165) is 0 Å². The average molecular weight is 370 g/mol. The number of hydrogen-bond donors (Lipinski definition) is 1. The highest BCUT2D eigenvalue weighted by Gasteiger charge is 2.28. The summed E-state index contributed by atoms with van der Waals surface area (Å²) in [5.41, 5.74) is 0.957. The summed E-state index contributed by atoms with van der Waals surface area (Å²) in [6.45, 7) is -1.43. The van der Waals surface area contributed by atoms with Gasteiger partial charge in [0.05, 0.1) is 32.5 Å². The fourth-order valence-corrected chi connectivity index (χ4v) is 2.09. The molecule has 2 rings (SSSR count). The molecule has 0 aliphatic heterocycles. The lowest BCUT2D eigenvalue weighted by atomic mass is 10.1. The van der Waals surface area contributed by atoms with E-state index in [4.69, 9.17) is 9.47 Å². The van der Waals surface area contributed by atoms with Gasteiger partial charge in [-0.05, 0) is 24.3 Å². The highest BCUT2D eigenvalue weighted by molar-refractivity contribution is 5.92. The number of alkyl halides is 3. The Hall–Kier alpha value is -2.97. The number of halogens is 3. The molecular formula is C17H17F3N2O4. The van der Waals surface area contributed by atoms with Crippen molar-refractivity contribution in [3.05, 3.63) is 42.1 Å². The van der Waals surface area contributed by atoms with Crippen LogP contribution in [0.4, 0.5) is 18.9 Å². The van der Waals surface area contributed by atoms with Crippen molar-refractivity contribution in [1.29, 1.82) is 0 Å². The Morgan fingerprint density at radius 2 is 1.92 bits per heavy atom. The minimum Gasteiger partial charge on any atom is -0.497 e. The maximum atomic E-state index is 12.2. The number of anilines is 1. The number of pyridine rings is 1. The molecule has 1 aromatic heterocycles. The SMILES string of the molecule is COc1ccc(OC)c(CC(=O)Nc2ccc(OCC(F)(F)F)nc2)c1. The van der Waals surface area contributed by atoms with E-state index in [1.165, 1.54) is 32.5 Å². The highest BCUT2D eigenvalue weighted by atomic mass is 19.4. The third-order valence-corrected chi connectivity index (χ3v) is 3.24. The molecule has 0 spiro atoms. The third-order valence-electron chi connectivity index (χ3n) is 3.24. The van der Waals surface area contributed by atoms with Gasteiger partial charge >= 0.3 is 6.18 Å². The van der Waals surface area contributed by atoms with Gasteiger partial charge in [-0.25, -0.2) is 4.98 Å². The number of aromatic nitrogens is 1. The normalized spacial score (nSPS) is 11.0. The predicted molar refractivity (Wildman–Crippen MR) is 87.7 cm³/mol. The van der Waals surface area contributed by atoms with Gasteiger partial charge in [0.15, 0.2) is 6.61 Å². The second-order valence-corrected chi connectivity index (χ2v) is 5.19. The topological polar surface area (TPSA) is 69.7 Å². The van der Waals surface area contributed by atoms with E-state index in [2.05, 4.69) is 15.0 Å². The van der Waals surface area contributed by atoms with Crippen molar-refractivity contribution in [2.24, 2.45) is 0 Å². The zero-order valence-electron chi connectivity index (χ0n) is 14.1. The van der Waals surface area contributed by atoms with Crippen molar-refractivity contribution in [3.63, 3.8) is 0 Å². The maximum absolute atomic E-state index is 12.2. The summed E-state index contributed by atoms with van der Waals surface area (Å²) in [6, 6.07) is 7.73. The summed E-state index contributed by atoms with van der Waals surface area (Å²) >= 11 is 0. The summed E-state index contributed by atoms with van der Waals surface area (Å²) in [4.78, 5) is 15.9. The van der Waals surface area contributed by atoms with E-state index in [1.54, 1.807) is 18.2 Å². The summed E-state index contributed by atoms with van der Waals surface area (Å²) < 4.78 is 51.1. The summed E-state index contributed by atoms with van der Waals surface area (Å²) in [6.07, 6.45) is -3.20. The predicted octanol–water partition coefficient (Wildman–Crippen LogP) is 3.22. The first kappa shape index (κ1) is 19.4. The smallest absolute Gasteiger partial charge is 0.422 e. The zero-order chi connectivity index (χ0) is 19.2. The number of ether oxygens (including phenoxy) is 3. The first-order valence-corrected chi connectivity index (χ1v) is 7.47. The van der Waals surface area contributed by atoms with Crippen LogP contribution in [0.3, 0.4) is 0 Å². The fraction of sp³-hybridized carbons (Fsp3) is 0.294. The maximum Gasteiger partial charge on any atom is 0.422 e. The molecule has 0 atom stereocenters. The zero-order valence-corrected chi connectivity index (χ0v) is 14.1. The van der Waals surface area contributed by atoms with Crippen molar-refractivity contribution >= 4 is 11.6 Å². The Kier molecular flexibility index (Phi) is 6.26. The number of amides is 1. The van der Waals surface area contributed by atoms with Gasteiger partial charge in [0.1, 0.15) is 11.5 Å². The lowest BCUT2D eigenvalue weighted by Gasteiger charge is -2.11. The molecule has 0 radical (unpaired) electrons. The molecule has 0 bridgehead atoms. The Bertz CT molecular complexity index is 749. The van der Waals surface area contributed by atoms with E-state index in [9.17, 15) is 18.0 Å². The largest absolute Gasteiger partial charge is 0.497 e. The minimum absolute atomic E-state index is 0.0205. The van der Waals surface area contributed by atoms with Crippen molar-refractivity contribution in [2.45, 2.75) is 12.6 Å². The van der Waals surface area contributed by atoms with Crippen LogP contribution in [0.25, 0.3) is 0 Å². The molecule has 9 heteroatoms. The number of nitrogens with one attached hydrogen (secondary N) is 1. The Morgan fingerprint density at radius 1 is 1.15 bits per heavy atom. The third kappa shape index (κ3) is 5.83. The molecular weight excluding hydrogens is 353 g/mol. The van der Waals surface area contributed by atoms with Crippen LogP contribution in [0.2, 0.25) is 0 Å². The molecule has 0 unspecified atom stereocenters. The van der Waals surface area contributed by atoms with Crippen LogP contribution >= 0.6 is 0 Å². The van der Waals surface area contributed by atoms with Gasteiger partial charge in [-0.3, -0.25) is 4.79 Å². The van der Waals surface area contributed by atoms with Gasteiger partial charge in [0, 0.05) is 11.6 Å². The minimum atomic E-state index is -4.44. The lowest BCUT2D eigenvalue weighted by Crippen LogP contribution is -2.19. The number of rotatable bonds is 7. The van der Waals surface area contributed by atoms with E-state index < -0.39 is 12.8 Å². The Morgan fingerprint density at radius 3 is 2.50 bits per heavy atom. The number of methoxy groups -OCH3 is 2. The molecule has 26 heavy (non-hydrogen) atoms. The van der Waals surface area contributed by atoms with Crippen LogP contribution in [-0.2, 0) is 11.2 Å².